The molecule has 1 aliphatic rings. The van der Waals surface area contributed by atoms with E-state index in [9.17, 15) is 4.79 Å². The van der Waals surface area contributed by atoms with Gasteiger partial charge in [0.2, 0.25) is 4.80 Å². The van der Waals surface area contributed by atoms with Crippen molar-refractivity contribution >= 4 is 38.9 Å². The normalized spacial score (nSPS) is 16.1. The van der Waals surface area contributed by atoms with Crippen LogP contribution in [0.3, 0.4) is 0 Å². The zero-order valence-electron chi connectivity index (χ0n) is 14.8. The number of nitrogens with zero attached hydrogens (tertiary/aromatic N) is 4. The Bertz CT molecular complexity index is 1080. The second kappa shape index (κ2) is 6.88. The van der Waals surface area contributed by atoms with E-state index in [4.69, 9.17) is 0 Å². The molecule has 0 saturated heterocycles. The molecule has 2 heterocycles. The first-order valence-corrected chi connectivity index (χ1v) is 9.60. The molecule has 0 unspecified atom stereocenters. The standard InChI is InChI=1S/C20H20N4OS/c1-3-4-13-24-15-10-6-5-9-14(15)18(19(24)25)21-22-20-23(2)16-11-7-8-12-17(16)26-20/h5-12H,3-4,13H2,1-2H3/b21-18-,22-20+. The Kier molecular flexibility index (Phi) is 4.42. The Labute approximate surface area is 155 Å². The van der Waals surface area contributed by atoms with E-state index in [2.05, 4.69) is 29.3 Å². The number of carbonyl (C=O) groups excluding carboxylic acids is 1. The van der Waals surface area contributed by atoms with Crippen LogP contribution in [0.1, 0.15) is 25.3 Å². The van der Waals surface area contributed by atoms with Crippen LogP contribution in [-0.4, -0.2) is 22.7 Å². The lowest BCUT2D eigenvalue weighted by Crippen LogP contribution is -2.31. The van der Waals surface area contributed by atoms with E-state index < -0.39 is 0 Å². The van der Waals surface area contributed by atoms with Crippen molar-refractivity contribution in [3.8, 4) is 0 Å². The number of unbranched alkanes of at least 4 members (excludes halogenated alkanes) is 1. The van der Waals surface area contributed by atoms with Gasteiger partial charge in [0.25, 0.3) is 5.91 Å². The van der Waals surface area contributed by atoms with Crippen molar-refractivity contribution < 1.29 is 4.79 Å². The molecule has 0 fully saturated rings. The van der Waals surface area contributed by atoms with Gasteiger partial charge < -0.3 is 9.47 Å². The Morgan fingerprint density at radius 1 is 1.04 bits per heavy atom. The van der Waals surface area contributed by atoms with Gasteiger partial charge in [-0.3, -0.25) is 4.79 Å². The second-order valence-electron chi connectivity index (χ2n) is 6.29. The van der Waals surface area contributed by atoms with Crippen molar-refractivity contribution in [1.82, 2.24) is 4.57 Å². The Hall–Kier alpha value is -2.73. The summed E-state index contributed by atoms with van der Waals surface area (Å²) in [6.45, 7) is 2.83. The van der Waals surface area contributed by atoms with Crippen molar-refractivity contribution in [1.29, 1.82) is 0 Å². The molecule has 1 aromatic heterocycles. The van der Waals surface area contributed by atoms with Gasteiger partial charge in [0.1, 0.15) is 0 Å². The molecule has 0 aliphatic carbocycles. The van der Waals surface area contributed by atoms with E-state index in [0.717, 1.165) is 39.1 Å². The fraction of sp³-hybridized carbons (Fsp3) is 0.250. The van der Waals surface area contributed by atoms with E-state index in [1.807, 2.05) is 52.9 Å². The van der Waals surface area contributed by atoms with Gasteiger partial charge >= 0.3 is 0 Å². The lowest BCUT2D eigenvalue weighted by Gasteiger charge is -2.15. The Morgan fingerprint density at radius 3 is 2.62 bits per heavy atom. The predicted octanol–water partition coefficient (Wildman–Crippen LogP) is 3.69. The summed E-state index contributed by atoms with van der Waals surface area (Å²) in [5.41, 5.74) is 3.33. The van der Waals surface area contributed by atoms with Crippen molar-refractivity contribution in [2.75, 3.05) is 11.4 Å². The molecule has 5 nitrogen and oxygen atoms in total. The van der Waals surface area contributed by atoms with Crippen molar-refractivity contribution in [3.05, 3.63) is 58.9 Å². The van der Waals surface area contributed by atoms with E-state index in [0.29, 0.717) is 12.3 Å². The zero-order valence-corrected chi connectivity index (χ0v) is 15.7. The first kappa shape index (κ1) is 16.7. The Balaban J connectivity index is 1.79. The van der Waals surface area contributed by atoms with Crippen LogP contribution in [0.2, 0.25) is 0 Å². The maximum Gasteiger partial charge on any atom is 0.279 e. The summed E-state index contributed by atoms with van der Waals surface area (Å²) in [6, 6.07) is 15.9. The minimum atomic E-state index is -0.0628. The molecule has 26 heavy (non-hydrogen) atoms. The molecule has 0 spiro atoms. The van der Waals surface area contributed by atoms with Crippen LogP contribution in [0.15, 0.2) is 58.7 Å². The maximum atomic E-state index is 12.9. The van der Waals surface area contributed by atoms with Gasteiger partial charge in [0.05, 0.1) is 15.9 Å². The van der Waals surface area contributed by atoms with Gasteiger partial charge in [-0.1, -0.05) is 55.0 Å². The number of hydrogen-bond donors (Lipinski definition) is 0. The molecule has 4 rings (SSSR count). The first-order valence-electron chi connectivity index (χ1n) is 8.78. The molecule has 0 N–H and O–H groups in total. The van der Waals surface area contributed by atoms with Crippen LogP contribution in [0.25, 0.3) is 10.2 Å². The monoisotopic (exact) mass is 364 g/mol. The molecule has 0 bridgehead atoms. The first-order chi connectivity index (χ1) is 12.7. The molecular weight excluding hydrogens is 344 g/mol. The molecule has 0 saturated carbocycles. The van der Waals surface area contributed by atoms with Crippen molar-refractivity contribution in [2.24, 2.45) is 17.3 Å². The third-order valence-corrected chi connectivity index (χ3v) is 5.69. The molecular formula is C20H20N4OS. The van der Waals surface area contributed by atoms with Gasteiger partial charge in [0.15, 0.2) is 5.71 Å². The quantitative estimate of drug-likeness (QED) is 0.651. The van der Waals surface area contributed by atoms with Crippen LogP contribution in [0, 0.1) is 0 Å². The highest BCUT2D eigenvalue weighted by atomic mass is 32.1. The zero-order chi connectivity index (χ0) is 18.1. The fourth-order valence-electron chi connectivity index (χ4n) is 3.17. The number of anilines is 1. The van der Waals surface area contributed by atoms with Crippen molar-refractivity contribution in [2.45, 2.75) is 19.8 Å². The number of carbonyl (C=O) groups is 1. The number of thiazole rings is 1. The van der Waals surface area contributed by atoms with Gasteiger partial charge in [-0.2, -0.15) is 0 Å². The molecule has 0 radical (unpaired) electrons. The SMILES string of the molecule is CCCCN1C(=O)/C(=N\N=c2\sc3ccccc3n2C)c2ccccc21. The van der Waals surface area contributed by atoms with Crippen LogP contribution >= 0.6 is 11.3 Å². The number of benzene rings is 2. The molecule has 3 aromatic rings. The predicted molar refractivity (Wildman–Crippen MR) is 107 cm³/mol. The molecule has 6 heteroatoms. The molecule has 1 amide bonds. The number of para-hydroxylation sites is 2. The average molecular weight is 364 g/mol. The maximum absolute atomic E-state index is 12.9. The summed E-state index contributed by atoms with van der Waals surface area (Å²) in [6.07, 6.45) is 2.01. The van der Waals surface area contributed by atoms with Crippen LogP contribution < -0.4 is 9.70 Å². The van der Waals surface area contributed by atoms with E-state index in [-0.39, 0.29) is 5.91 Å². The summed E-state index contributed by atoms with van der Waals surface area (Å²) in [7, 11) is 1.97. The summed E-state index contributed by atoms with van der Waals surface area (Å²) < 4.78 is 3.15. The molecule has 1 aliphatic heterocycles. The molecule has 2 aromatic carbocycles. The third-order valence-electron chi connectivity index (χ3n) is 4.58. The third kappa shape index (κ3) is 2.76. The summed E-state index contributed by atoms with van der Waals surface area (Å²) >= 11 is 1.57. The van der Waals surface area contributed by atoms with E-state index in [1.54, 1.807) is 11.3 Å². The van der Waals surface area contributed by atoms with Crippen molar-refractivity contribution in [3.63, 3.8) is 0 Å². The molecule has 0 atom stereocenters. The minimum absolute atomic E-state index is 0.0628. The van der Waals surface area contributed by atoms with Gasteiger partial charge in [0, 0.05) is 19.2 Å². The Morgan fingerprint density at radius 2 is 1.81 bits per heavy atom. The fourth-order valence-corrected chi connectivity index (χ4v) is 4.14. The van der Waals surface area contributed by atoms with Gasteiger partial charge in [-0.25, -0.2) is 0 Å². The number of amides is 1. The summed E-state index contributed by atoms with van der Waals surface area (Å²) in [5, 5.41) is 8.78. The number of rotatable bonds is 4. The average Bonchev–Trinajstić information content (AvgIpc) is 3.13. The topological polar surface area (TPSA) is 50.0 Å². The van der Waals surface area contributed by atoms with E-state index in [1.165, 1.54) is 0 Å². The number of aryl methyl sites for hydroxylation is 1. The summed E-state index contributed by atoms with van der Waals surface area (Å²) in [5.74, 6) is -0.0628. The van der Waals surface area contributed by atoms with Crippen LogP contribution in [0.5, 0.6) is 0 Å². The summed E-state index contributed by atoms with van der Waals surface area (Å²) in [4.78, 5) is 15.5. The largest absolute Gasteiger partial charge is 0.318 e. The smallest absolute Gasteiger partial charge is 0.279 e. The minimum Gasteiger partial charge on any atom is -0.318 e. The van der Waals surface area contributed by atoms with E-state index >= 15 is 0 Å². The van der Waals surface area contributed by atoms with Gasteiger partial charge in [-0.05, 0) is 24.6 Å². The van der Waals surface area contributed by atoms with Crippen LogP contribution in [-0.2, 0) is 11.8 Å². The highest BCUT2D eigenvalue weighted by Gasteiger charge is 2.33. The second-order valence-corrected chi connectivity index (χ2v) is 7.30. The number of aromatic nitrogens is 1. The number of fused-ring (bicyclic) bond motifs is 2. The van der Waals surface area contributed by atoms with Gasteiger partial charge in [-0.15, -0.1) is 10.2 Å². The number of hydrogen-bond acceptors (Lipinski definition) is 4. The van der Waals surface area contributed by atoms with Crippen LogP contribution in [0.4, 0.5) is 5.69 Å². The highest BCUT2D eigenvalue weighted by Crippen LogP contribution is 2.29. The molecule has 132 valence electrons. The lowest BCUT2D eigenvalue weighted by atomic mass is 10.1. The lowest BCUT2D eigenvalue weighted by molar-refractivity contribution is -0.112. The highest BCUT2D eigenvalue weighted by molar-refractivity contribution is 7.16.